The molecule has 0 spiro atoms. The van der Waals surface area contributed by atoms with Gasteiger partial charge in [0.05, 0.1) is 12.2 Å². The highest BCUT2D eigenvalue weighted by atomic mass is 32.1. The van der Waals surface area contributed by atoms with E-state index in [0.717, 1.165) is 25.1 Å². The summed E-state index contributed by atoms with van der Waals surface area (Å²) in [6.45, 7) is 5.88. The first-order valence-electron chi connectivity index (χ1n) is 7.38. The molecule has 0 aliphatic carbocycles. The van der Waals surface area contributed by atoms with Crippen LogP contribution in [0.4, 0.5) is 10.1 Å². The number of nitrogens with zero attached hydrogens (tertiary/aromatic N) is 1. The number of hydrogen-bond donors (Lipinski definition) is 1. The SMILES string of the molecule is CCCNC(C)c1ccc(N(C)Cc2cccs2)c(F)c1. The molecule has 1 N–H and O–H groups in total. The summed E-state index contributed by atoms with van der Waals surface area (Å²) in [7, 11) is 1.93. The number of benzene rings is 1. The van der Waals surface area contributed by atoms with Crippen LogP contribution in [0, 0.1) is 5.82 Å². The second-order valence-electron chi connectivity index (χ2n) is 5.32. The molecular formula is C17H23FN2S. The molecule has 2 rings (SSSR count). The minimum Gasteiger partial charge on any atom is -0.367 e. The fourth-order valence-corrected chi connectivity index (χ4v) is 3.06. The number of hydrogen-bond acceptors (Lipinski definition) is 3. The molecule has 1 unspecified atom stereocenters. The van der Waals surface area contributed by atoms with Gasteiger partial charge in [0.2, 0.25) is 0 Å². The van der Waals surface area contributed by atoms with Crippen molar-refractivity contribution in [2.45, 2.75) is 32.9 Å². The van der Waals surface area contributed by atoms with Gasteiger partial charge in [-0.3, -0.25) is 0 Å². The van der Waals surface area contributed by atoms with E-state index < -0.39 is 0 Å². The summed E-state index contributed by atoms with van der Waals surface area (Å²) in [5.74, 6) is -0.156. The maximum Gasteiger partial charge on any atom is 0.146 e. The van der Waals surface area contributed by atoms with Crippen molar-refractivity contribution in [2.24, 2.45) is 0 Å². The predicted molar refractivity (Wildman–Crippen MR) is 89.5 cm³/mol. The largest absolute Gasteiger partial charge is 0.367 e. The number of anilines is 1. The average Bonchev–Trinajstić information content (AvgIpc) is 2.97. The fraction of sp³-hybridized carbons (Fsp3) is 0.412. The van der Waals surface area contributed by atoms with Crippen LogP contribution in [-0.2, 0) is 6.54 Å². The molecule has 0 radical (unpaired) electrons. The zero-order valence-electron chi connectivity index (χ0n) is 12.9. The smallest absolute Gasteiger partial charge is 0.146 e. The first-order valence-corrected chi connectivity index (χ1v) is 8.26. The summed E-state index contributed by atoms with van der Waals surface area (Å²) in [5, 5.41) is 5.43. The van der Waals surface area contributed by atoms with Crippen LogP contribution in [0.2, 0.25) is 0 Å². The molecule has 0 aliphatic rings. The zero-order valence-corrected chi connectivity index (χ0v) is 13.7. The highest BCUT2D eigenvalue weighted by molar-refractivity contribution is 7.09. The van der Waals surface area contributed by atoms with Gasteiger partial charge in [0.1, 0.15) is 5.82 Å². The van der Waals surface area contributed by atoms with E-state index in [0.29, 0.717) is 5.69 Å². The van der Waals surface area contributed by atoms with Gasteiger partial charge in [-0.15, -0.1) is 11.3 Å². The Morgan fingerprint density at radius 1 is 1.33 bits per heavy atom. The van der Waals surface area contributed by atoms with E-state index in [2.05, 4.69) is 25.2 Å². The molecule has 1 aromatic carbocycles. The lowest BCUT2D eigenvalue weighted by Crippen LogP contribution is -2.20. The van der Waals surface area contributed by atoms with E-state index in [4.69, 9.17) is 0 Å². The van der Waals surface area contributed by atoms with Gasteiger partial charge in [-0.1, -0.05) is 19.1 Å². The summed E-state index contributed by atoms with van der Waals surface area (Å²) in [6, 6.07) is 9.81. The Balaban J connectivity index is 2.07. The second-order valence-corrected chi connectivity index (χ2v) is 6.35. The molecule has 1 aromatic heterocycles. The number of rotatable bonds is 7. The van der Waals surface area contributed by atoms with E-state index in [-0.39, 0.29) is 11.9 Å². The summed E-state index contributed by atoms with van der Waals surface area (Å²) in [4.78, 5) is 3.19. The number of nitrogens with one attached hydrogen (secondary N) is 1. The minimum absolute atomic E-state index is 0.156. The van der Waals surface area contributed by atoms with Crippen molar-refractivity contribution in [3.05, 3.63) is 52.0 Å². The van der Waals surface area contributed by atoms with Crippen LogP contribution in [0.1, 0.15) is 36.8 Å². The average molecular weight is 306 g/mol. The quantitative estimate of drug-likeness (QED) is 0.805. The van der Waals surface area contributed by atoms with Crippen molar-refractivity contribution in [1.82, 2.24) is 5.32 Å². The molecule has 21 heavy (non-hydrogen) atoms. The Hall–Kier alpha value is -1.39. The lowest BCUT2D eigenvalue weighted by Gasteiger charge is -2.21. The monoisotopic (exact) mass is 306 g/mol. The summed E-state index contributed by atoms with van der Waals surface area (Å²) in [5.41, 5.74) is 1.64. The van der Waals surface area contributed by atoms with Crippen molar-refractivity contribution in [3.63, 3.8) is 0 Å². The maximum absolute atomic E-state index is 14.3. The van der Waals surface area contributed by atoms with Crippen molar-refractivity contribution in [3.8, 4) is 0 Å². The highest BCUT2D eigenvalue weighted by Crippen LogP contribution is 2.24. The molecule has 114 valence electrons. The lowest BCUT2D eigenvalue weighted by atomic mass is 10.1. The standard InChI is InChI=1S/C17H23FN2S/c1-4-9-19-13(2)14-7-8-17(16(18)11-14)20(3)12-15-6-5-10-21-15/h5-8,10-11,13,19H,4,9,12H2,1-3H3. The molecule has 1 heterocycles. The van der Waals surface area contributed by atoms with Gasteiger partial charge in [0.25, 0.3) is 0 Å². The third-order valence-electron chi connectivity index (χ3n) is 3.56. The molecule has 0 bridgehead atoms. The fourth-order valence-electron chi connectivity index (χ4n) is 2.30. The van der Waals surface area contributed by atoms with Gasteiger partial charge < -0.3 is 10.2 Å². The molecule has 2 nitrogen and oxygen atoms in total. The van der Waals surface area contributed by atoms with Crippen LogP contribution in [-0.4, -0.2) is 13.6 Å². The van der Waals surface area contributed by atoms with Gasteiger partial charge in [0, 0.05) is 18.0 Å². The molecule has 0 fully saturated rings. The van der Waals surface area contributed by atoms with Crippen molar-refractivity contribution < 1.29 is 4.39 Å². The first-order chi connectivity index (χ1) is 10.1. The highest BCUT2D eigenvalue weighted by Gasteiger charge is 2.12. The molecule has 2 aromatic rings. The number of halogens is 1. The van der Waals surface area contributed by atoms with Crippen molar-refractivity contribution in [2.75, 3.05) is 18.5 Å². The van der Waals surface area contributed by atoms with E-state index in [1.165, 1.54) is 4.88 Å². The molecule has 1 atom stereocenters. The van der Waals surface area contributed by atoms with Gasteiger partial charge in [-0.05, 0) is 49.0 Å². The summed E-state index contributed by atoms with van der Waals surface area (Å²) in [6.07, 6.45) is 1.08. The Kier molecular flexibility index (Phi) is 5.76. The van der Waals surface area contributed by atoms with Gasteiger partial charge in [0.15, 0.2) is 0 Å². The third-order valence-corrected chi connectivity index (χ3v) is 4.42. The van der Waals surface area contributed by atoms with Crippen LogP contribution >= 0.6 is 11.3 Å². The van der Waals surface area contributed by atoms with Crippen LogP contribution in [0.15, 0.2) is 35.7 Å². The van der Waals surface area contributed by atoms with Gasteiger partial charge >= 0.3 is 0 Å². The molecule has 4 heteroatoms. The van der Waals surface area contributed by atoms with Crippen LogP contribution in [0.25, 0.3) is 0 Å². The van der Waals surface area contributed by atoms with E-state index in [9.17, 15) is 4.39 Å². The van der Waals surface area contributed by atoms with Crippen molar-refractivity contribution >= 4 is 17.0 Å². The zero-order chi connectivity index (χ0) is 15.2. The molecule has 0 saturated carbocycles. The third kappa shape index (κ3) is 4.29. The van der Waals surface area contributed by atoms with Gasteiger partial charge in [-0.2, -0.15) is 0 Å². The molecule has 0 saturated heterocycles. The predicted octanol–water partition coefficient (Wildman–Crippen LogP) is 4.58. The topological polar surface area (TPSA) is 15.3 Å². The van der Waals surface area contributed by atoms with Crippen LogP contribution in [0.3, 0.4) is 0 Å². The Morgan fingerprint density at radius 2 is 2.14 bits per heavy atom. The van der Waals surface area contributed by atoms with Crippen molar-refractivity contribution in [1.29, 1.82) is 0 Å². The minimum atomic E-state index is -0.156. The van der Waals surface area contributed by atoms with Crippen LogP contribution in [0.5, 0.6) is 0 Å². The van der Waals surface area contributed by atoms with E-state index >= 15 is 0 Å². The molecule has 0 amide bonds. The van der Waals surface area contributed by atoms with Gasteiger partial charge in [-0.25, -0.2) is 4.39 Å². The Labute approximate surface area is 130 Å². The van der Waals surface area contributed by atoms with Crippen LogP contribution < -0.4 is 10.2 Å². The number of thiophene rings is 1. The maximum atomic E-state index is 14.3. The van der Waals surface area contributed by atoms with E-state index in [1.54, 1.807) is 17.4 Å². The summed E-state index contributed by atoms with van der Waals surface area (Å²) < 4.78 is 14.3. The Morgan fingerprint density at radius 3 is 2.76 bits per heavy atom. The Bertz CT molecular complexity index is 554. The molecule has 0 aliphatic heterocycles. The second kappa shape index (κ2) is 7.57. The summed E-state index contributed by atoms with van der Waals surface area (Å²) >= 11 is 1.69. The first kappa shape index (κ1) is 16.0. The lowest BCUT2D eigenvalue weighted by molar-refractivity contribution is 0.561. The normalized spacial score (nSPS) is 12.4. The molecular weight excluding hydrogens is 283 g/mol. The van der Waals surface area contributed by atoms with E-state index in [1.807, 2.05) is 35.5 Å².